The number of amides is 1. The van der Waals surface area contributed by atoms with Gasteiger partial charge in [0, 0.05) is 12.1 Å². The molecular formula is C17H23N3O7. The number of carbonyl (C=O) groups excluding carboxylic acids is 2. The second-order valence-electron chi connectivity index (χ2n) is 6.13. The van der Waals surface area contributed by atoms with Gasteiger partial charge < -0.3 is 34.6 Å². The van der Waals surface area contributed by atoms with E-state index in [0.717, 1.165) is 0 Å². The lowest BCUT2D eigenvalue weighted by molar-refractivity contribution is -0.150. The van der Waals surface area contributed by atoms with Crippen molar-refractivity contribution in [2.24, 2.45) is 11.7 Å². The Morgan fingerprint density at radius 1 is 1.33 bits per heavy atom. The van der Waals surface area contributed by atoms with E-state index in [0.29, 0.717) is 11.1 Å². The highest BCUT2D eigenvalue weighted by molar-refractivity contribution is 5.92. The van der Waals surface area contributed by atoms with Gasteiger partial charge >= 0.3 is 11.9 Å². The summed E-state index contributed by atoms with van der Waals surface area (Å²) < 4.78 is 17.2. The fraction of sp³-hybridized carbons (Fsp3) is 0.471. The van der Waals surface area contributed by atoms with Gasteiger partial charge in [0.15, 0.2) is 5.58 Å². The van der Waals surface area contributed by atoms with Crippen molar-refractivity contribution in [1.29, 1.82) is 0 Å². The van der Waals surface area contributed by atoms with Crippen LogP contribution >= 0.6 is 0 Å². The number of furan rings is 1. The molecule has 2 rings (SSSR count). The van der Waals surface area contributed by atoms with Gasteiger partial charge in [0.2, 0.25) is 5.91 Å². The highest BCUT2D eigenvalue weighted by Crippen LogP contribution is 2.21. The molecule has 2 aromatic rings. The minimum absolute atomic E-state index is 0.0331. The van der Waals surface area contributed by atoms with Crippen molar-refractivity contribution < 1.29 is 33.4 Å². The average Bonchev–Trinajstić information content (AvgIpc) is 3.20. The van der Waals surface area contributed by atoms with Crippen LogP contribution < -0.4 is 11.1 Å². The van der Waals surface area contributed by atoms with E-state index in [1.165, 1.54) is 16.9 Å². The van der Waals surface area contributed by atoms with Crippen LogP contribution in [0, 0.1) is 5.92 Å². The molecule has 0 saturated carbocycles. The molecule has 10 heteroatoms. The van der Waals surface area contributed by atoms with E-state index in [1.54, 1.807) is 19.9 Å². The van der Waals surface area contributed by atoms with Gasteiger partial charge in [0.25, 0.3) is 0 Å². The number of nitrogens with two attached hydrogens (primary N) is 1. The average molecular weight is 381 g/mol. The molecule has 0 radical (unpaired) electrons. The lowest BCUT2D eigenvalue weighted by Gasteiger charge is -2.20. The lowest BCUT2D eigenvalue weighted by atomic mass is 10.0. The molecule has 0 saturated heterocycles. The standard InChI is InChI=1S/C17H23N3O7/c1-10(2)15(19-14(21)8-18)17(24)27-6-5-25-9-20-11-3-4-26-13(11)7-12(20)16(22)23/h3-4,7,10,15H,5-6,8-9,18H2,1-2H3,(H,19,21)(H,22,23)/t15-/m0/s1. The number of nitrogens with zero attached hydrogens (tertiary/aromatic N) is 1. The van der Waals surface area contributed by atoms with Crippen molar-refractivity contribution in [1.82, 2.24) is 9.88 Å². The number of fused-ring (bicyclic) bond motifs is 1. The summed E-state index contributed by atoms with van der Waals surface area (Å²) >= 11 is 0. The summed E-state index contributed by atoms with van der Waals surface area (Å²) in [6.45, 7) is 3.30. The molecule has 0 fully saturated rings. The molecule has 0 aliphatic carbocycles. The minimum Gasteiger partial charge on any atom is -0.477 e. The van der Waals surface area contributed by atoms with E-state index in [1.807, 2.05) is 0 Å². The first-order chi connectivity index (χ1) is 12.8. The number of nitrogens with one attached hydrogen (secondary N) is 1. The zero-order valence-electron chi connectivity index (χ0n) is 15.1. The van der Waals surface area contributed by atoms with Crippen LogP contribution in [0.25, 0.3) is 11.1 Å². The maximum atomic E-state index is 12.1. The van der Waals surface area contributed by atoms with Gasteiger partial charge in [0.05, 0.1) is 24.9 Å². The van der Waals surface area contributed by atoms with E-state index in [9.17, 15) is 19.5 Å². The zero-order valence-corrected chi connectivity index (χ0v) is 15.1. The first-order valence-electron chi connectivity index (χ1n) is 8.39. The molecule has 0 aliphatic rings. The summed E-state index contributed by atoms with van der Waals surface area (Å²) in [5.41, 5.74) is 6.30. The van der Waals surface area contributed by atoms with Crippen LogP contribution in [0.4, 0.5) is 0 Å². The van der Waals surface area contributed by atoms with E-state index >= 15 is 0 Å². The third-order valence-electron chi connectivity index (χ3n) is 3.86. The largest absolute Gasteiger partial charge is 0.477 e. The molecular weight excluding hydrogens is 358 g/mol. The van der Waals surface area contributed by atoms with Crippen molar-refractivity contribution in [3.8, 4) is 0 Å². The summed E-state index contributed by atoms with van der Waals surface area (Å²) in [5, 5.41) is 11.7. The van der Waals surface area contributed by atoms with Crippen molar-refractivity contribution in [2.75, 3.05) is 19.8 Å². The second-order valence-corrected chi connectivity index (χ2v) is 6.13. The predicted octanol–water partition coefficient (Wildman–Crippen LogP) is 0.549. The number of hydrogen-bond donors (Lipinski definition) is 3. The van der Waals surface area contributed by atoms with Gasteiger partial charge in [-0.25, -0.2) is 9.59 Å². The molecule has 0 bridgehead atoms. The monoisotopic (exact) mass is 381 g/mol. The number of hydrogen-bond acceptors (Lipinski definition) is 7. The van der Waals surface area contributed by atoms with E-state index in [2.05, 4.69) is 5.32 Å². The second kappa shape index (κ2) is 9.19. The normalized spacial score (nSPS) is 12.3. The molecule has 2 aromatic heterocycles. The number of carbonyl (C=O) groups is 3. The number of esters is 1. The molecule has 1 amide bonds. The maximum absolute atomic E-state index is 12.1. The third-order valence-corrected chi connectivity index (χ3v) is 3.86. The molecule has 2 heterocycles. The van der Waals surface area contributed by atoms with Crippen molar-refractivity contribution in [2.45, 2.75) is 26.6 Å². The number of ether oxygens (including phenoxy) is 2. The van der Waals surface area contributed by atoms with E-state index in [4.69, 9.17) is 19.6 Å². The highest BCUT2D eigenvalue weighted by atomic mass is 16.6. The van der Waals surface area contributed by atoms with Crippen molar-refractivity contribution >= 4 is 28.9 Å². The Bertz CT molecular complexity index is 809. The number of carboxylic acid groups (broad SMARTS) is 1. The van der Waals surface area contributed by atoms with Gasteiger partial charge in [0.1, 0.15) is 25.1 Å². The Balaban J connectivity index is 1.84. The Labute approximate surface area is 155 Å². The Kier molecular flexibility index (Phi) is 6.97. The molecule has 148 valence electrons. The zero-order chi connectivity index (χ0) is 20.0. The van der Waals surface area contributed by atoms with E-state index < -0.39 is 23.9 Å². The topological polar surface area (TPSA) is 146 Å². The van der Waals surface area contributed by atoms with Gasteiger partial charge in [-0.3, -0.25) is 4.79 Å². The summed E-state index contributed by atoms with van der Waals surface area (Å²) in [6.07, 6.45) is 1.45. The molecule has 27 heavy (non-hydrogen) atoms. The van der Waals surface area contributed by atoms with Crippen LogP contribution in [-0.4, -0.2) is 53.3 Å². The Hall–Kier alpha value is -2.85. The number of aromatic carboxylic acids is 1. The smallest absolute Gasteiger partial charge is 0.352 e. The van der Waals surface area contributed by atoms with Crippen LogP contribution in [0.1, 0.15) is 24.3 Å². The molecule has 0 unspecified atom stereocenters. The molecule has 4 N–H and O–H groups in total. The Morgan fingerprint density at radius 2 is 2.07 bits per heavy atom. The first-order valence-corrected chi connectivity index (χ1v) is 8.39. The van der Waals surface area contributed by atoms with Crippen LogP contribution in [0.15, 0.2) is 22.8 Å². The molecule has 0 aliphatic heterocycles. The van der Waals surface area contributed by atoms with Crippen LogP contribution in [0.5, 0.6) is 0 Å². The van der Waals surface area contributed by atoms with Crippen molar-refractivity contribution in [3.63, 3.8) is 0 Å². The van der Waals surface area contributed by atoms with Crippen LogP contribution in [0.2, 0.25) is 0 Å². The molecule has 10 nitrogen and oxygen atoms in total. The number of rotatable bonds is 10. The quantitative estimate of drug-likeness (QED) is 0.399. The molecule has 0 aromatic carbocycles. The lowest BCUT2D eigenvalue weighted by Crippen LogP contribution is -2.47. The molecule has 1 atom stereocenters. The minimum atomic E-state index is -1.10. The number of aromatic nitrogens is 1. The third kappa shape index (κ3) is 5.08. The number of carboxylic acids is 1. The van der Waals surface area contributed by atoms with Crippen LogP contribution in [0.3, 0.4) is 0 Å². The summed E-state index contributed by atoms with van der Waals surface area (Å²) in [4.78, 5) is 34.8. The maximum Gasteiger partial charge on any atom is 0.352 e. The van der Waals surface area contributed by atoms with E-state index in [-0.39, 0.29) is 38.1 Å². The summed E-state index contributed by atoms with van der Waals surface area (Å²) in [6, 6.07) is 2.25. The van der Waals surface area contributed by atoms with Gasteiger partial charge in [-0.2, -0.15) is 0 Å². The van der Waals surface area contributed by atoms with Gasteiger partial charge in [-0.15, -0.1) is 0 Å². The summed E-state index contributed by atoms with van der Waals surface area (Å²) in [7, 11) is 0. The van der Waals surface area contributed by atoms with Crippen molar-refractivity contribution in [3.05, 3.63) is 24.1 Å². The summed E-state index contributed by atoms with van der Waals surface area (Å²) in [5.74, 6) is -2.30. The highest BCUT2D eigenvalue weighted by Gasteiger charge is 2.25. The SMILES string of the molecule is CC(C)[C@H](NC(=O)CN)C(=O)OCCOCn1c(C(=O)O)cc2occc21. The fourth-order valence-electron chi connectivity index (χ4n) is 2.47. The van der Waals surface area contributed by atoms with Gasteiger partial charge in [-0.05, 0) is 5.92 Å². The Morgan fingerprint density at radius 3 is 2.70 bits per heavy atom. The fourth-order valence-corrected chi connectivity index (χ4v) is 2.47. The van der Waals surface area contributed by atoms with Crippen LogP contribution in [-0.2, 0) is 25.8 Å². The molecule has 0 spiro atoms. The van der Waals surface area contributed by atoms with Gasteiger partial charge in [-0.1, -0.05) is 13.8 Å². The first kappa shape index (κ1) is 20.5. The predicted molar refractivity (Wildman–Crippen MR) is 93.9 cm³/mol.